The van der Waals surface area contributed by atoms with E-state index in [1.165, 1.54) is 12.1 Å². The van der Waals surface area contributed by atoms with Crippen LogP contribution >= 0.6 is 0 Å². The molecular formula is C14H17F2NO3. The largest absolute Gasteiger partial charge is 0.476 e. The van der Waals surface area contributed by atoms with Crippen molar-refractivity contribution < 1.29 is 23.0 Å². The minimum Gasteiger partial charge on any atom is -0.476 e. The van der Waals surface area contributed by atoms with Crippen molar-refractivity contribution in [3.05, 3.63) is 29.3 Å². The molecule has 0 aromatic heterocycles. The fraction of sp³-hybridized carbons (Fsp3) is 0.500. The van der Waals surface area contributed by atoms with Crippen LogP contribution in [0.2, 0.25) is 0 Å². The van der Waals surface area contributed by atoms with Crippen LogP contribution in [0.3, 0.4) is 0 Å². The van der Waals surface area contributed by atoms with E-state index < -0.39 is 30.0 Å². The number of ether oxygens (including phenoxy) is 2. The Balaban J connectivity index is 1.96. The van der Waals surface area contributed by atoms with Crippen molar-refractivity contribution in [2.24, 2.45) is 0 Å². The Morgan fingerprint density at radius 1 is 1.35 bits per heavy atom. The van der Waals surface area contributed by atoms with E-state index in [1.807, 2.05) is 0 Å². The molecule has 0 spiro atoms. The number of rotatable bonds is 7. The molecule has 0 atom stereocenters. The van der Waals surface area contributed by atoms with E-state index in [9.17, 15) is 13.6 Å². The molecule has 0 heterocycles. The third kappa shape index (κ3) is 4.16. The highest BCUT2D eigenvalue weighted by Gasteiger charge is 2.21. The van der Waals surface area contributed by atoms with Gasteiger partial charge in [-0.1, -0.05) is 0 Å². The quantitative estimate of drug-likeness (QED) is 0.780. The van der Waals surface area contributed by atoms with Gasteiger partial charge in [0.2, 0.25) is 0 Å². The van der Waals surface area contributed by atoms with Gasteiger partial charge in [-0.15, -0.1) is 0 Å². The molecule has 1 aliphatic rings. The lowest BCUT2D eigenvalue weighted by atomic mass is 10.2. The zero-order chi connectivity index (χ0) is 14.5. The molecule has 20 heavy (non-hydrogen) atoms. The van der Waals surface area contributed by atoms with Crippen LogP contribution < -0.4 is 10.1 Å². The summed E-state index contributed by atoms with van der Waals surface area (Å²) in [6.07, 6.45) is 2.21. The van der Waals surface area contributed by atoms with Crippen molar-refractivity contribution >= 4 is 5.97 Å². The van der Waals surface area contributed by atoms with Crippen molar-refractivity contribution in [1.29, 1.82) is 0 Å². The average molecular weight is 285 g/mol. The number of esters is 1. The van der Waals surface area contributed by atoms with Gasteiger partial charge in [0.05, 0.1) is 6.61 Å². The summed E-state index contributed by atoms with van der Waals surface area (Å²) < 4.78 is 36.9. The molecule has 0 saturated heterocycles. The molecule has 0 aliphatic heterocycles. The number of benzene rings is 1. The monoisotopic (exact) mass is 285 g/mol. The molecule has 1 aromatic rings. The highest BCUT2D eigenvalue weighted by molar-refractivity contribution is 5.71. The molecule has 4 nitrogen and oxygen atoms in total. The van der Waals surface area contributed by atoms with E-state index in [2.05, 4.69) is 10.1 Å². The van der Waals surface area contributed by atoms with Crippen molar-refractivity contribution in [2.45, 2.75) is 32.4 Å². The second-order valence-electron chi connectivity index (χ2n) is 4.64. The van der Waals surface area contributed by atoms with Crippen LogP contribution in [0.5, 0.6) is 5.75 Å². The summed E-state index contributed by atoms with van der Waals surface area (Å²) in [7, 11) is 0. The van der Waals surface area contributed by atoms with E-state index in [1.54, 1.807) is 6.92 Å². The second kappa shape index (κ2) is 6.65. The van der Waals surface area contributed by atoms with Crippen LogP contribution in [0.25, 0.3) is 0 Å². The number of carbonyl (C=O) groups excluding carboxylic acids is 1. The maximum atomic E-state index is 13.7. The van der Waals surface area contributed by atoms with Gasteiger partial charge >= 0.3 is 5.97 Å². The Bertz CT molecular complexity index is 466. The van der Waals surface area contributed by atoms with E-state index in [-0.39, 0.29) is 6.61 Å². The molecule has 0 radical (unpaired) electrons. The SMILES string of the molecule is CCOC(=O)COc1c(F)cc(CNC2CC2)cc1F. The average Bonchev–Trinajstić information content (AvgIpc) is 3.19. The lowest BCUT2D eigenvalue weighted by Gasteiger charge is -2.10. The van der Waals surface area contributed by atoms with Crippen molar-refractivity contribution in [2.75, 3.05) is 13.2 Å². The van der Waals surface area contributed by atoms with Crippen LogP contribution in [0.15, 0.2) is 12.1 Å². The second-order valence-corrected chi connectivity index (χ2v) is 4.64. The molecular weight excluding hydrogens is 268 g/mol. The first-order valence-corrected chi connectivity index (χ1v) is 6.60. The maximum absolute atomic E-state index is 13.7. The molecule has 6 heteroatoms. The number of nitrogens with one attached hydrogen (secondary N) is 1. The molecule has 110 valence electrons. The molecule has 1 aliphatic carbocycles. The highest BCUT2D eigenvalue weighted by atomic mass is 19.1. The Morgan fingerprint density at radius 3 is 2.55 bits per heavy atom. The van der Waals surface area contributed by atoms with Gasteiger partial charge in [0.1, 0.15) is 0 Å². The first-order valence-electron chi connectivity index (χ1n) is 6.60. The summed E-state index contributed by atoms with van der Waals surface area (Å²) in [5.74, 6) is -2.84. The van der Waals surface area contributed by atoms with Gasteiger partial charge in [0, 0.05) is 12.6 Å². The normalized spacial score (nSPS) is 14.2. The van der Waals surface area contributed by atoms with Crippen LogP contribution in [0.4, 0.5) is 8.78 Å². The zero-order valence-corrected chi connectivity index (χ0v) is 11.2. The van der Waals surface area contributed by atoms with E-state index in [0.717, 1.165) is 12.8 Å². The maximum Gasteiger partial charge on any atom is 0.344 e. The summed E-state index contributed by atoms with van der Waals surface area (Å²) >= 11 is 0. The van der Waals surface area contributed by atoms with Crippen LogP contribution in [-0.4, -0.2) is 25.2 Å². The minimum atomic E-state index is -0.818. The van der Waals surface area contributed by atoms with Crippen molar-refractivity contribution in [3.8, 4) is 5.75 Å². The first-order chi connectivity index (χ1) is 9.60. The van der Waals surface area contributed by atoms with E-state index >= 15 is 0 Å². The zero-order valence-electron chi connectivity index (χ0n) is 11.2. The predicted molar refractivity (Wildman–Crippen MR) is 68.3 cm³/mol. The lowest BCUT2D eigenvalue weighted by Crippen LogP contribution is -2.17. The number of carbonyl (C=O) groups is 1. The van der Waals surface area contributed by atoms with Gasteiger partial charge < -0.3 is 14.8 Å². The third-order valence-electron chi connectivity index (χ3n) is 2.87. The first kappa shape index (κ1) is 14.7. The smallest absolute Gasteiger partial charge is 0.344 e. The summed E-state index contributed by atoms with van der Waals surface area (Å²) in [6.45, 7) is 1.73. The summed E-state index contributed by atoms with van der Waals surface area (Å²) in [5.41, 5.74) is 0.510. The van der Waals surface area contributed by atoms with Gasteiger partial charge in [0.25, 0.3) is 0 Å². The summed E-state index contributed by atoms with van der Waals surface area (Å²) in [4.78, 5) is 11.1. The van der Waals surface area contributed by atoms with Gasteiger partial charge in [-0.25, -0.2) is 13.6 Å². The summed E-state index contributed by atoms with van der Waals surface area (Å²) in [5, 5.41) is 3.17. The molecule has 1 fully saturated rings. The highest BCUT2D eigenvalue weighted by Crippen LogP contribution is 2.24. The topological polar surface area (TPSA) is 47.6 Å². The van der Waals surface area contributed by atoms with E-state index in [0.29, 0.717) is 18.2 Å². The minimum absolute atomic E-state index is 0.193. The fourth-order valence-electron chi connectivity index (χ4n) is 1.74. The Morgan fingerprint density at radius 2 is 2.00 bits per heavy atom. The molecule has 2 rings (SSSR count). The molecule has 0 amide bonds. The molecule has 1 N–H and O–H groups in total. The summed E-state index contributed by atoms with van der Waals surface area (Å²) in [6, 6.07) is 2.87. The molecule has 1 saturated carbocycles. The van der Waals surface area contributed by atoms with Gasteiger partial charge in [-0.3, -0.25) is 0 Å². The van der Waals surface area contributed by atoms with E-state index in [4.69, 9.17) is 4.74 Å². The Kier molecular flexibility index (Phi) is 4.89. The molecule has 1 aromatic carbocycles. The number of hydrogen-bond donors (Lipinski definition) is 1. The van der Waals surface area contributed by atoms with Gasteiger partial charge in [0.15, 0.2) is 24.0 Å². The number of halogens is 2. The van der Waals surface area contributed by atoms with Crippen LogP contribution in [-0.2, 0) is 16.1 Å². The lowest BCUT2D eigenvalue weighted by molar-refractivity contribution is -0.145. The number of hydrogen-bond acceptors (Lipinski definition) is 4. The van der Waals surface area contributed by atoms with Gasteiger partial charge in [-0.2, -0.15) is 0 Å². The standard InChI is InChI=1S/C14H17F2NO3/c1-2-19-13(18)8-20-14-11(15)5-9(6-12(14)16)7-17-10-3-4-10/h5-6,10,17H,2-4,7-8H2,1H3. The van der Waals surface area contributed by atoms with Crippen LogP contribution in [0.1, 0.15) is 25.3 Å². The molecule has 0 bridgehead atoms. The Hall–Kier alpha value is -1.69. The predicted octanol–water partition coefficient (Wildman–Crippen LogP) is 2.16. The third-order valence-corrected chi connectivity index (χ3v) is 2.87. The Labute approximate surface area is 116 Å². The fourth-order valence-corrected chi connectivity index (χ4v) is 1.74. The van der Waals surface area contributed by atoms with Gasteiger partial charge in [-0.05, 0) is 37.5 Å². The van der Waals surface area contributed by atoms with Crippen LogP contribution in [0, 0.1) is 11.6 Å². The van der Waals surface area contributed by atoms with Crippen molar-refractivity contribution in [1.82, 2.24) is 5.32 Å². The molecule has 0 unspecified atom stereocenters. The van der Waals surface area contributed by atoms with Crippen molar-refractivity contribution in [3.63, 3.8) is 0 Å².